The summed E-state index contributed by atoms with van der Waals surface area (Å²) in [6.45, 7) is 1.85. The molecule has 0 amide bonds. The molecule has 3 aliphatic rings. The molecule has 18 heavy (non-hydrogen) atoms. The van der Waals surface area contributed by atoms with Crippen LogP contribution in [0, 0.1) is 5.92 Å². The van der Waals surface area contributed by atoms with E-state index in [9.17, 15) is 4.79 Å². The standard InChI is InChI=1S/C7H7Br.C6H10N2O2/c8-6-7-4-2-1-3-5-7;9-6(10)5-4-1-2-7-8(5)3-4/h1-5H,6H2;4-5,7H,1-3H2,(H,9,10). The van der Waals surface area contributed by atoms with E-state index in [4.69, 9.17) is 5.11 Å². The third-order valence-corrected chi connectivity index (χ3v) is 3.94. The van der Waals surface area contributed by atoms with Crippen LogP contribution in [0.2, 0.25) is 0 Å². The molecule has 5 heteroatoms. The van der Waals surface area contributed by atoms with Gasteiger partial charge in [0.05, 0.1) is 0 Å². The summed E-state index contributed by atoms with van der Waals surface area (Å²) in [6, 6.07) is 10.0. The van der Waals surface area contributed by atoms with Crippen LogP contribution in [0.5, 0.6) is 0 Å². The van der Waals surface area contributed by atoms with Crippen molar-refractivity contribution >= 4 is 21.9 Å². The van der Waals surface area contributed by atoms with Gasteiger partial charge >= 0.3 is 5.97 Å². The third-order valence-electron chi connectivity index (χ3n) is 3.29. The number of hydrazine groups is 1. The largest absolute Gasteiger partial charge is 0.480 e. The molecule has 2 bridgehead atoms. The van der Waals surface area contributed by atoms with Crippen LogP contribution in [-0.4, -0.2) is 35.2 Å². The van der Waals surface area contributed by atoms with Crippen LogP contribution in [0.15, 0.2) is 30.3 Å². The van der Waals surface area contributed by atoms with Crippen molar-refractivity contribution in [1.29, 1.82) is 0 Å². The second-order valence-corrected chi connectivity index (χ2v) is 5.07. The molecule has 98 valence electrons. The number of hydrogen-bond donors (Lipinski definition) is 2. The van der Waals surface area contributed by atoms with E-state index in [1.54, 1.807) is 5.01 Å². The average molecular weight is 313 g/mol. The van der Waals surface area contributed by atoms with Gasteiger partial charge in [0.1, 0.15) is 6.04 Å². The average Bonchev–Trinajstić information content (AvgIpc) is 2.40. The third kappa shape index (κ3) is 3.10. The molecule has 0 aliphatic carbocycles. The SMILES string of the molecule is BrCc1ccccc1.O=C(O)C1C2CCNN1C2. The molecule has 3 aliphatic heterocycles. The summed E-state index contributed by atoms with van der Waals surface area (Å²) >= 11 is 3.36. The van der Waals surface area contributed by atoms with Gasteiger partial charge in [-0.25, -0.2) is 5.01 Å². The maximum absolute atomic E-state index is 10.5. The molecule has 0 spiro atoms. The van der Waals surface area contributed by atoms with Crippen molar-refractivity contribution in [2.24, 2.45) is 5.92 Å². The van der Waals surface area contributed by atoms with E-state index in [0.29, 0.717) is 5.92 Å². The highest BCUT2D eigenvalue weighted by atomic mass is 79.9. The van der Waals surface area contributed by atoms with E-state index >= 15 is 0 Å². The first kappa shape index (κ1) is 13.5. The first-order chi connectivity index (χ1) is 8.72. The number of aliphatic carboxylic acids is 1. The predicted molar refractivity (Wildman–Crippen MR) is 73.3 cm³/mol. The van der Waals surface area contributed by atoms with E-state index in [1.807, 2.05) is 18.2 Å². The van der Waals surface area contributed by atoms with Gasteiger partial charge in [0.25, 0.3) is 0 Å². The number of alkyl halides is 1. The number of halogens is 1. The van der Waals surface area contributed by atoms with Gasteiger partial charge in [0, 0.05) is 24.3 Å². The van der Waals surface area contributed by atoms with Crippen molar-refractivity contribution < 1.29 is 9.90 Å². The summed E-state index contributed by atoms with van der Waals surface area (Å²) < 4.78 is 0. The summed E-state index contributed by atoms with van der Waals surface area (Å²) in [5.74, 6) is -0.290. The molecular weight excluding hydrogens is 296 g/mol. The Morgan fingerprint density at radius 2 is 2.17 bits per heavy atom. The fraction of sp³-hybridized carbons (Fsp3) is 0.462. The van der Waals surface area contributed by atoms with Gasteiger partial charge in [0.15, 0.2) is 0 Å². The van der Waals surface area contributed by atoms with Gasteiger partial charge in [-0.2, -0.15) is 0 Å². The monoisotopic (exact) mass is 312 g/mol. The highest BCUT2D eigenvalue weighted by Crippen LogP contribution is 2.29. The smallest absolute Gasteiger partial charge is 0.322 e. The molecule has 1 aromatic carbocycles. The second-order valence-electron chi connectivity index (χ2n) is 4.51. The summed E-state index contributed by atoms with van der Waals surface area (Å²) in [5, 5.41) is 11.4. The van der Waals surface area contributed by atoms with Crippen LogP contribution in [0.25, 0.3) is 0 Å². The van der Waals surface area contributed by atoms with Gasteiger partial charge in [-0.3, -0.25) is 10.2 Å². The Bertz CT molecular complexity index is 385. The van der Waals surface area contributed by atoms with Crippen LogP contribution in [0.4, 0.5) is 0 Å². The lowest BCUT2D eigenvalue weighted by Crippen LogP contribution is -2.69. The molecule has 0 radical (unpaired) electrons. The van der Waals surface area contributed by atoms with E-state index in [2.05, 4.69) is 33.5 Å². The van der Waals surface area contributed by atoms with Gasteiger partial charge in [-0.05, 0) is 12.0 Å². The van der Waals surface area contributed by atoms with Crippen molar-refractivity contribution in [2.45, 2.75) is 17.8 Å². The molecular formula is C13H17BrN2O2. The maximum Gasteiger partial charge on any atom is 0.322 e. The Morgan fingerprint density at radius 1 is 1.44 bits per heavy atom. The van der Waals surface area contributed by atoms with E-state index in [1.165, 1.54) is 5.56 Å². The lowest BCUT2D eigenvalue weighted by atomic mass is 9.85. The normalized spacial score (nSPS) is 28.6. The van der Waals surface area contributed by atoms with E-state index < -0.39 is 5.97 Å². The number of rotatable bonds is 2. The lowest BCUT2D eigenvalue weighted by molar-refractivity contribution is -0.163. The second kappa shape index (κ2) is 6.31. The van der Waals surface area contributed by atoms with E-state index in [-0.39, 0.29) is 6.04 Å². The first-order valence-corrected chi connectivity index (χ1v) is 7.17. The molecule has 1 aromatic rings. The highest BCUT2D eigenvalue weighted by Gasteiger charge is 2.46. The van der Waals surface area contributed by atoms with Crippen molar-refractivity contribution in [1.82, 2.24) is 10.4 Å². The Balaban J connectivity index is 0.000000138. The number of carboxylic acids is 1. The predicted octanol–water partition coefficient (Wildman–Crippen LogP) is 1.86. The number of nitrogens with one attached hydrogen (secondary N) is 1. The topological polar surface area (TPSA) is 52.6 Å². The quantitative estimate of drug-likeness (QED) is 0.819. The van der Waals surface area contributed by atoms with Gasteiger partial charge in [-0.1, -0.05) is 46.3 Å². The molecule has 4 nitrogen and oxygen atoms in total. The Morgan fingerprint density at radius 3 is 2.50 bits per heavy atom. The number of fused-ring (bicyclic) bond motifs is 2. The summed E-state index contributed by atoms with van der Waals surface area (Å²) in [7, 11) is 0. The Hall–Kier alpha value is -0.910. The van der Waals surface area contributed by atoms with Gasteiger partial charge in [0.2, 0.25) is 0 Å². The minimum Gasteiger partial charge on any atom is -0.480 e. The number of hydrogen-bond acceptors (Lipinski definition) is 3. The molecule has 0 aromatic heterocycles. The van der Waals surface area contributed by atoms with Crippen LogP contribution in [0.3, 0.4) is 0 Å². The number of carbonyl (C=O) groups is 1. The van der Waals surface area contributed by atoms with E-state index in [0.717, 1.165) is 24.8 Å². The van der Waals surface area contributed by atoms with Crippen LogP contribution in [-0.2, 0) is 10.1 Å². The molecule has 4 rings (SSSR count). The Kier molecular flexibility index (Phi) is 4.74. The zero-order valence-electron chi connectivity index (χ0n) is 10.1. The molecule has 3 fully saturated rings. The molecule has 3 unspecified atom stereocenters. The van der Waals surface area contributed by atoms with Crippen molar-refractivity contribution in [2.75, 3.05) is 13.1 Å². The van der Waals surface area contributed by atoms with Crippen molar-refractivity contribution in [3.05, 3.63) is 35.9 Å². The first-order valence-electron chi connectivity index (χ1n) is 6.05. The molecule has 3 heterocycles. The summed E-state index contributed by atoms with van der Waals surface area (Å²) in [6.07, 6.45) is 1.01. The minimum absolute atomic E-state index is 0.242. The maximum atomic E-state index is 10.5. The molecule has 3 atom stereocenters. The van der Waals surface area contributed by atoms with Gasteiger partial charge in [-0.15, -0.1) is 0 Å². The number of nitrogens with zero attached hydrogens (tertiary/aromatic N) is 1. The van der Waals surface area contributed by atoms with Crippen molar-refractivity contribution in [3.63, 3.8) is 0 Å². The lowest BCUT2D eigenvalue weighted by Gasteiger charge is -2.50. The minimum atomic E-state index is -0.691. The van der Waals surface area contributed by atoms with Gasteiger partial charge < -0.3 is 5.11 Å². The zero-order valence-corrected chi connectivity index (χ0v) is 11.6. The number of benzene rings is 1. The van der Waals surface area contributed by atoms with Crippen LogP contribution in [0.1, 0.15) is 12.0 Å². The van der Waals surface area contributed by atoms with Crippen molar-refractivity contribution in [3.8, 4) is 0 Å². The van der Waals surface area contributed by atoms with Crippen LogP contribution >= 0.6 is 15.9 Å². The zero-order chi connectivity index (χ0) is 13.0. The van der Waals surface area contributed by atoms with Crippen LogP contribution < -0.4 is 5.43 Å². The fourth-order valence-electron chi connectivity index (χ4n) is 2.29. The summed E-state index contributed by atoms with van der Waals surface area (Å²) in [5.41, 5.74) is 4.36. The highest BCUT2D eigenvalue weighted by molar-refractivity contribution is 9.08. The molecule has 0 saturated carbocycles. The summed E-state index contributed by atoms with van der Waals surface area (Å²) in [4.78, 5) is 10.5. The Labute approximate surface area is 115 Å². The fourth-order valence-corrected chi connectivity index (χ4v) is 2.66. The molecule has 2 N–H and O–H groups in total. The molecule has 3 saturated heterocycles. The number of carboxylic acid groups (broad SMARTS) is 1.